The van der Waals surface area contributed by atoms with Crippen LogP contribution in [0.3, 0.4) is 0 Å². The van der Waals surface area contributed by atoms with E-state index in [9.17, 15) is 9.18 Å². The maximum atomic E-state index is 13.7. The molecule has 1 amide bonds. The molecule has 6 heteroatoms. The van der Waals surface area contributed by atoms with Crippen LogP contribution >= 0.6 is 22.9 Å². The van der Waals surface area contributed by atoms with Crippen LogP contribution in [0.5, 0.6) is 5.75 Å². The molecule has 0 bridgehead atoms. The molecule has 0 spiro atoms. The van der Waals surface area contributed by atoms with Gasteiger partial charge in [-0.15, -0.1) is 11.3 Å². The van der Waals surface area contributed by atoms with Gasteiger partial charge in [0.2, 0.25) is 0 Å². The second-order valence-corrected chi connectivity index (χ2v) is 6.85. The number of benzene rings is 2. The predicted molar refractivity (Wildman–Crippen MR) is 99.2 cm³/mol. The molecule has 0 radical (unpaired) electrons. The summed E-state index contributed by atoms with van der Waals surface area (Å²) in [6.07, 6.45) is 0. The molecule has 0 aliphatic rings. The smallest absolute Gasteiger partial charge is 0.265 e. The van der Waals surface area contributed by atoms with Gasteiger partial charge in [-0.2, -0.15) is 0 Å². The zero-order chi connectivity index (χ0) is 17.8. The predicted octanol–water partition coefficient (Wildman–Crippen LogP) is 5.68. The van der Waals surface area contributed by atoms with Crippen molar-refractivity contribution >= 4 is 34.5 Å². The van der Waals surface area contributed by atoms with E-state index in [2.05, 4.69) is 5.32 Å². The summed E-state index contributed by atoms with van der Waals surface area (Å²) >= 11 is 7.20. The molecular formula is C19H15ClFNO2S. The summed E-state index contributed by atoms with van der Waals surface area (Å²) < 4.78 is 19.4. The quantitative estimate of drug-likeness (QED) is 0.623. The summed E-state index contributed by atoms with van der Waals surface area (Å²) in [6, 6.07) is 13.4. The molecule has 0 fully saturated rings. The van der Waals surface area contributed by atoms with E-state index < -0.39 is 5.82 Å². The Balaban J connectivity index is 1.64. The van der Waals surface area contributed by atoms with E-state index in [1.165, 1.54) is 17.4 Å². The van der Waals surface area contributed by atoms with E-state index >= 15 is 0 Å². The van der Waals surface area contributed by atoms with Gasteiger partial charge in [-0.3, -0.25) is 4.79 Å². The molecule has 1 N–H and O–H groups in total. The first-order valence-corrected chi connectivity index (χ1v) is 8.80. The SMILES string of the molecule is Cc1ccc(F)c(NC(=O)c2cc(COc3cccc(Cl)c3)cs2)c1. The summed E-state index contributed by atoms with van der Waals surface area (Å²) in [5.41, 5.74) is 1.91. The molecule has 3 rings (SSSR count). The van der Waals surface area contributed by atoms with Gasteiger partial charge in [-0.25, -0.2) is 4.39 Å². The van der Waals surface area contributed by atoms with Gasteiger partial charge < -0.3 is 10.1 Å². The van der Waals surface area contributed by atoms with Crippen molar-refractivity contribution in [2.24, 2.45) is 0 Å². The van der Waals surface area contributed by atoms with Crippen LogP contribution in [0.4, 0.5) is 10.1 Å². The average Bonchev–Trinajstić information content (AvgIpc) is 3.05. The molecule has 1 heterocycles. The van der Waals surface area contributed by atoms with Gasteiger partial charge in [-0.1, -0.05) is 23.7 Å². The monoisotopic (exact) mass is 375 g/mol. The Bertz CT molecular complexity index is 910. The molecule has 3 aromatic rings. The number of hydrogen-bond donors (Lipinski definition) is 1. The van der Waals surface area contributed by atoms with E-state index in [0.717, 1.165) is 11.1 Å². The molecule has 0 unspecified atom stereocenters. The van der Waals surface area contributed by atoms with Crippen molar-refractivity contribution < 1.29 is 13.9 Å². The fourth-order valence-corrected chi connectivity index (χ4v) is 3.18. The lowest BCUT2D eigenvalue weighted by Crippen LogP contribution is -2.11. The number of anilines is 1. The Morgan fingerprint density at radius 1 is 1.24 bits per heavy atom. The fourth-order valence-electron chi connectivity index (χ4n) is 2.21. The van der Waals surface area contributed by atoms with E-state index in [1.807, 2.05) is 18.4 Å². The number of halogens is 2. The van der Waals surface area contributed by atoms with Crippen LogP contribution in [-0.2, 0) is 6.61 Å². The first-order chi connectivity index (χ1) is 12.0. The number of ether oxygens (including phenoxy) is 1. The highest BCUT2D eigenvalue weighted by molar-refractivity contribution is 7.12. The van der Waals surface area contributed by atoms with Crippen LogP contribution < -0.4 is 10.1 Å². The number of carbonyl (C=O) groups is 1. The van der Waals surface area contributed by atoms with E-state index in [4.69, 9.17) is 16.3 Å². The lowest BCUT2D eigenvalue weighted by molar-refractivity contribution is 0.103. The van der Waals surface area contributed by atoms with E-state index in [1.54, 1.807) is 36.4 Å². The molecular weight excluding hydrogens is 361 g/mol. The maximum absolute atomic E-state index is 13.7. The summed E-state index contributed by atoms with van der Waals surface area (Å²) in [7, 11) is 0. The number of carbonyl (C=O) groups excluding carboxylic acids is 1. The minimum atomic E-state index is -0.458. The molecule has 0 aliphatic carbocycles. The summed E-state index contributed by atoms with van der Waals surface area (Å²) in [5.74, 6) is -0.143. The average molecular weight is 376 g/mol. The second kappa shape index (κ2) is 7.68. The van der Waals surface area contributed by atoms with Crippen molar-refractivity contribution in [1.29, 1.82) is 0 Å². The number of aryl methyl sites for hydroxylation is 1. The second-order valence-electron chi connectivity index (χ2n) is 5.50. The van der Waals surface area contributed by atoms with Gasteiger partial charge in [0.05, 0.1) is 10.6 Å². The van der Waals surface area contributed by atoms with Crippen molar-refractivity contribution in [3.8, 4) is 5.75 Å². The van der Waals surface area contributed by atoms with E-state index in [-0.39, 0.29) is 11.6 Å². The number of hydrogen-bond acceptors (Lipinski definition) is 3. The van der Waals surface area contributed by atoms with Gasteiger partial charge in [-0.05, 0) is 54.3 Å². The lowest BCUT2D eigenvalue weighted by Gasteiger charge is -2.06. The Labute approximate surface area is 154 Å². The fraction of sp³-hybridized carbons (Fsp3) is 0.105. The standard InChI is InChI=1S/C19H15ClFNO2S/c1-12-5-6-16(21)17(7-12)22-19(23)18-8-13(11-25-18)10-24-15-4-2-3-14(20)9-15/h2-9,11H,10H2,1H3,(H,22,23). The highest BCUT2D eigenvalue weighted by Gasteiger charge is 2.12. The third-order valence-corrected chi connectivity index (χ3v) is 4.66. The molecule has 3 nitrogen and oxygen atoms in total. The zero-order valence-corrected chi connectivity index (χ0v) is 15.0. The first kappa shape index (κ1) is 17.5. The topological polar surface area (TPSA) is 38.3 Å². The first-order valence-electron chi connectivity index (χ1n) is 7.54. The van der Waals surface area contributed by atoms with Crippen molar-refractivity contribution in [3.05, 3.63) is 80.8 Å². The van der Waals surface area contributed by atoms with Crippen LogP contribution in [0, 0.1) is 12.7 Å². The largest absolute Gasteiger partial charge is 0.489 e. The van der Waals surface area contributed by atoms with E-state index in [0.29, 0.717) is 22.3 Å². The normalized spacial score (nSPS) is 10.5. The summed E-state index contributed by atoms with van der Waals surface area (Å²) in [4.78, 5) is 12.8. The molecule has 25 heavy (non-hydrogen) atoms. The lowest BCUT2D eigenvalue weighted by atomic mass is 10.2. The molecule has 128 valence electrons. The third kappa shape index (κ3) is 4.59. The molecule has 0 aliphatic heterocycles. The van der Waals surface area contributed by atoms with Crippen LogP contribution in [0.15, 0.2) is 53.9 Å². The number of rotatable bonds is 5. The Morgan fingerprint density at radius 3 is 2.88 bits per heavy atom. The molecule has 0 atom stereocenters. The van der Waals surface area contributed by atoms with Gasteiger partial charge in [0.1, 0.15) is 18.2 Å². The minimum absolute atomic E-state index is 0.176. The van der Waals surface area contributed by atoms with Crippen molar-refractivity contribution in [1.82, 2.24) is 0 Å². The van der Waals surface area contributed by atoms with Crippen molar-refractivity contribution in [3.63, 3.8) is 0 Å². The molecule has 0 saturated heterocycles. The number of thiophene rings is 1. The molecule has 0 saturated carbocycles. The van der Waals surface area contributed by atoms with Gasteiger partial charge in [0, 0.05) is 10.6 Å². The van der Waals surface area contributed by atoms with Crippen molar-refractivity contribution in [2.45, 2.75) is 13.5 Å². The molecule has 2 aromatic carbocycles. The Kier molecular flexibility index (Phi) is 5.36. The van der Waals surface area contributed by atoms with Gasteiger partial charge >= 0.3 is 0 Å². The van der Waals surface area contributed by atoms with Gasteiger partial charge in [0.15, 0.2) is 0 Å². The van der Waals surface area contributed by atoms with Crippen LogP contribution in [-0.4, -0.2) is 5.91 Å². The molecule has 1 aromatic heterocycles. The summed E-state index contributed by atoms with van der Waals surface area (Å²) in [5, 5.41) is 5.04. The summed E-state index contributed by atoms with van der Waals surface area (Å²) in [6.45, 7) is 2.16. The minimum Gasteiger partial charge on any atom is -0.489 e. The highest BCUT2D eigenvalue weighted by atomic mass is 35.5. The Morgan fingerprint density at radius 2 is 2.08 bits per heavy atom. The zero-order valence-electron chi connectivity index (χ0n) is 13.4. The Hall–Kier alpha value is -2.37. The van der Waals surface area contributed by atoms with Crippen molar-refractivity contribution in [2.75, 3.05) is 5.32 Å². The highest BCUT2D eigenvalue weighted by Crippen LogP contribution is 2.22. The number of amides is 1. The van der Waals surface area contributed by atoms with Crippen LogP contribution in [0.1, 0.15) is 20.8 Å². The maximum Gasteiger partial charge on any atom is 0.265 e. The van der Waals surface area contributed by atoms with Crippen LogP contribution in [0.25, 0.3) is 0 Å². The van der Waals surface area contributed by atoms with Crippen LogP contribution in [0.2, 0.25) is 5.02 Å². The van der Waals surface area contributed by atoms with Gasteiger partial charge in [0.25, 0.3) is 5.91 Å². The third-order valence-electron chi connectivity index (χ3n) is 3.45. The number of nitrogens with one attached hydrogen (secondary N) is 1.